The summed E-state index contributed by atoms with van der Waals surface area (Å²) in [6.07, 6.45) is 4.93. The van der Waals surface area contributed by atoms with Crippen LogP contribution >= 0.6 is 0 Å². The van der Waals surface area contributed by atoms with E-state index in [9.17, 15) is 4.79 Å². The predicted molar refractivity (Wildman–Crippen MR) is 56.5 cm³/mol. The molecule has 0 spiro atoms. The van der Waals surface area contributed by atoms with Gasteiger partial charge in [0.2, 0.25) is 0 Å². The smallest absolute Gasteiger partial charge is 0.250 e. The summed E-state index contributed by atoms with van der Waals surface area (Å²) in [5, 5.41) is 0. The Kier molecular flexibility index (Phi) is 2.13. The van der Waals surface area contributed by atoms with E-state index in [1.807, 2.05) is 0 Å². The first kappa shape index (κ1) is 9.26. The summed E-state index contributed by atoms with van der Waals surface area (Å²) in [4.78, 5) is 15.1. The molecule has 1 heterocycles. The summed E-state index contributed by atoms with van der Waals surface area (Å²) in [5.41, 5.74) is 12.5. The van der Waals surface area contributed by atoms with Crippen LogP contribution in [-0.2, 0) is 0 Å². The van der Waals surface area contributed by atoms with E-state index in [-0.39, 0.29) is 0 Å². The van der Waals surface area contributed by atoms with E-state index < -0.39 is 5.91 Å². The van der Waals surface area contributed by atoms with E-state index in [1.54, 1.807) is 41.5 Å². The number of hydrogen-bond acceptors (Lipinski definition) is 3. The number of nitrogen functional groups attached to an aromatic ring is 1. The Balaban J connectivity index is 2.63. The molecule has 1 aromatic carbocycles. The molecule has 0 unspecified atom stereocenters. The van der Waals surface area contributed by atoms with Crippen molar-refractivity contribution in [2.24, 2.45) is 5.73 Å². The standard InChI is InChI=1S/C10H10N4O/c11-7-1-2-8(10(12)15)9(5-7)14-4-3-13-6-14/h1-6H,11H2,(H2,12,15). The molecule has 1 aromatic heterocycles. The number of carbonyl (C=O) groups is 1. The summed E-state index contributed by atoms with van der Waals surface area (Å²) in [6.45, 7) is 0. The molecule has 0 atom stereocenters. The molecule has 5 heteroatoms. The van der Waals surface area contributed by atoms with E-state index in [1.165, 1.54) is 0 Å². The highest BCUT2D eigenvalue weighted by molar-refractivity contribution is 5.97. The zero-order valence-corrected chi connectivity index (χ0v) is 7.92. The van der Waals surface area contributed by atoms with Gasteiger partial charge in [-0.05, 0) is 18.2 Å². The maximum atomic E-state index is 11.2. The highest BCUT2D eigenvalue weighted by Gasteiger charge is 2.09. The number of anilines is 1. The molecule has 5 nitrogen and oxygen atoms in total. The summed E-state index contributed by atoms with van der Waals surface area (Å²) in [5.74, 6) is -0.487. The van der Waals surface area contributed by atoms with Crippen LogP contribution < -0.4 is 11.5 Å². The van der Waals surface area contributed by atoms with Crippen LogP contribution in [0.4, 0.5) is 5.69 Å². The molecule has 0 fully saturated rings. The van der Waals surface area contributed by atoms with E-state index in [4.69, 9.17) is 11.5 Å². The molecule has 0 aliphatic carbocycles. The minimum atomic E-state index is -0.487. The van der Waals surface area contributed by atoms with E-state index in [0.717, 1.165) is 0 Å². The monoisotopic (exact) mass is 202 g/mol. The third-order valence-corrected chi connectivity index (χ3v) is 2.07. The van der Waals surface area contributed by atoms with E-state index >= 15 is 0 Å². The summed E-state index contributed by atoms with van der Waals surface area (Å²) in [7, 11) is 0. The Labute approximate surface area is 86.3 Å². The van der Waals surface area contributed by atoms with Gasteiger partial charge in [-0.3, -0.25) is 4.79 Å². The fraction of sp³-hybridized carbons (Fsp3) is 0. The van der Waals surface area contributed by atoms with Crippen molar-refractivity contribution in [2.75, 3.05) is 5.73 Å². The number of primary amides is 1. The van der Waals surface area contributed by atoms with Gasteiger partial charge < -0.3 is 16.0 Å². The second-order valence-corrected chi connectivity index (χ2v) is 3.11. The topological polar surface area (TPSA) is 86.9 Å². The lowest BCUT2D eigenvalue weighted by Crippen LogP contribution is -2.14. The Hall–Kier alpha value is -2.30. The average Bonchev–Trinajstić information content (AvgIpc) is 2.69. The molecule has 76 valence electrons. The van der Waals surface area contributed by atoms with Crippen molar-refractivity contribution in [3.05, 3.63) is 42.5 Å². The van der Waals surface area contributed by atoms with Gasteiger partial charge in [-0.2, -0.15) is 0 Å². The van der Waals surface area contributed by atoms with Gasteiger partial charge in [-0.25, -0.2) is 4.98 Å². The number of hydrogen-bond donors (Lipinski definition) is 2. The molecule has 0 saturated heterocycles. The van der Waals surface area contributed by atoms with Crippen molar-refractivity contribution in [3.8, 4) is 5.69 Å². The van der Waals surface area contributed by atoms with Crippen molar-refractivity contribution in [2.45, 2.75) is 0 Å². The van der Waals surface area contributed by atoms with Crippen molar-refractivity contribution in [1.82, 2.24) is 9.55 Å². The van der Waals surface area contributed by atoms with Gasteiger partial charge >= 0.3 is 0 Å². The molecule has 15 heavy (non-hydrogen) atoms. The second kappa shape index (κ2) is 3.45. The minimum Gasteiger partial charge on any atom is -0.399 e. The van der Waals surface area contributed by atoms with Crippen LogP contribution in [0.1, 0.15) is 10.4 Å². The first-order valence-electron chi connectivity index (χ1n) is 4.36. The molecule has 2 rings (SSSR count). The van der Waals surface area contributed by atoms with Crippen LogP contribution in [0.15, 0.2) is 36.9 Å². The number of rotatable bonds is 2. The van der Waals surface area contributed by atoms with Crippen molar-refractivity contribution in [3.63, 3.8) is 0 Å². The van der Waals surface area contributed by atoms with Crippen LogP contribution in [0.5, 0.6) is 0 Å². The molecule has 0 saturated carbocycles. The maximum absolute atomic E-state index is 11.2. The molecule has 0 radical (unpaired) electrons. The molecule has 0 aliphatic rings. The fourth-order valence-electron chi connectivity index (χ4n) is 1.37. The van der Waals surface area contributed by atoms with Crippen LogP contribution in [0, 0.1) is 0 Å². The van der Waals surface area contributed by atoms with Crippen molar-refractivity contribution >= 4 is 11.6 Å². The minimum absolute atomic E-state index is 0.419. The lowest BCUT2D eigenvalue weighted by Gasteiger charge is -2.07. The largest absolute Gasteiger partial charge is 0.399 e. The number of nitrogens with two attached hydrogens (primary N) is 2. The number of nitrogens with zero attached hydrogens (tertiary/aromatic N) is 2. The normalized spacial score (nSPS) is 10.1. The highest BCUT2D eigenvalue weighted by atomic mass is 16.1. The zero-order valence-electron chi connectivity index (χ0n) is 7.92. The molecule has 0 bridgehead atoms. The van der Waals surface area contributed by atoms with Gasteiger partial charge in [0, 0.05) is 18.1 Å². The van der Waals surface area contributed by atoms with Crippen LogP contribution in [0.25, 0.3) is 5.69 Å². The van der Waals surface area contributed by atoms with Gasteiger partial charge in [0.05, 0.1) is 17.6 Å². The predicted octanol–water partition coefficient (Wildman–Crippen LogP) is 0.553. The molecular formula is C10H10N4O. The molecule has 0 aliphatic heterocycles. The number of benzene rings is 1. The Morgan fingerprint density at radius 2 is 2.20 bits per heavy atom. The van der Waals surface area contributed by atoms with E-state index in [2.05, 4.69) is 4.98 Å². The Morgan fingerprint density at radius 1 is 1.40 bits per heavy atom. The second-order valence-electron chi connectivity index (χ2n) is 3.11. The number of imidazole rings is 1. The van der Waals surface area contributed by atoms with Gasteiger partial charge in [0.1, 0.15) is 0 Å². The van der Waals surface area contributed by atoms with Crippen LogP contribution in [0.2, 0.25) is 0 Å². The summed E-state index contributed by atoms with van der Waals surface area (Å²) in [6, 6.07) is 4.93. The molecule has 2 aromatic rings. The Bertz CT molecular complexity index is 490. The van der Waals surface area contributed by atoms with Gasteiger partial charge in [-0.1, -0.05) is 0 Å². The number of aromatic nitrogens is 2. The Morgan fingerprint density at radius 3 is 2.80 bits per heavy atom. The first-order valence-corrected chi connectivity index (χ1v) is 4.36. The summed E-state index contributed by atoms with van der Waals surface area (Å²) >= 11 is 0. The van der Waals surface area contributed by atoms with Gasteiger partial charge in [0.25, 0.3) is 5.91 Å². The number of amides is 1. The zero-order chi connectivity index (χ0) is 10.8. The first-order chi connectivity index (χ1) is 7.18. The fourth-order valence-corrected chi connectivity index (χ4v) is 1.37. The van der Waals surface area contributed by atoms with E-state index in [0.29, 0.717) is 16.9 Å². The molecule has 4 N–H and O–H groups in total. The maximum Gasteiger partial charge on any atom is 0.250 e. The molecule has 1 amide bonds. The number of carbonyl (C=O) groups excluding carboxylic acids is 1. The summed E-state index contributed by atoms with van der Waals surface area (Å²) < 4.78 is 1.69. The average molecular weight is 202 g/mol. The van der Waals surface area contributed by atoms with Crippen LogP contribution in [-0.4, -0.2) is 15.5 Å². The SMILES string of the molecule is NC(=O)c1ccc(N)cc1-n1ccnc1. The lowest BCUT2D eigenvalue weighted by molar-refractivity contribution is 0.100. The third kappa shape index (κ3) is 1.67. The van der Waals surface area contributed by atoms with Crippen LogP contribution in [0.3, 0.4) is 0 Å². The van der Waals surface area contributed by atoms with Gasteiger partial charge in [-0.15, -0.1) is 0 Å². The highest BCUT2D eigenvalue weighted by Crippen LogP contribution is 2.17. The lowest BCUT2D eigenvalue weighted by atomic mass is 10.1. The molecular weight excluding hydrogens is 192 g/mol. The van der Waals surface area contributed by atoms with Crippen molar-refractivity contribution < 1.29 is 4.79 Å². The van der Waals surface area contributed by atoms with Gasteiger partial charge in [0.15, 0.2) is 0 Å². The van der Waals surface area contributed by atoms with Crippen molar-refractivity contribution in [1.29, 1.82) is 0 Å². The third-order valence-electron chi connectivity index (χ3n) is 2.07. The quantitative estimate of drug-likeness (QED) is 0.697.